The van der Waals surface area contributed by atoms with Crippen LogP contribution in [0.15, 0.2) is 63.6 Å². The van der Waals surface area contributed by atoms with Crippen molar-refractivity contribution < 1.29 is 5.11 Å². The lowest BCUT2D eigenvalue weighted by molar-refractivity contribution is 0.412. The van der Waals surface area contributed by atoms with E-state index in [2.05, 4.69) is 10.2 Å². The van der Waals surface area contributed by atoms with Gasteiger partial charge in [0.2, 0.25) is 5.88 Å². The normalized spacial score (nSPS) is 10.9. The summed E-state index contributed by atoms with van der Waals surface area (Å²) < 4.78 is 1.15. The zero-order chi connectivity index (χ0) is 20.3. The summed E-state index contributed by atoms with van der Waals surface area (Å²) in [7, 11) is 0. The predicted octanol–water partition coefficient (Wildman–Crippen LogP) is 4.81. The van der Waals surface area contributed by atoms with Gasteiger partial charge in [-0.15, -0.1) is 10.2 Å². The average molecular weight is 372 g/mol. The molecule has 0 amide bonds. The van der Waals surface area contributed by atoms with Crippen molar-refractivity contribution in [2.75, 3.05) is 0 Å². The molecule has 0 unspecified atom stereocenters. The molecule has 6 nitrogen and oxygen atoms in total. The first-order valence-corrected chi connectivity index (χ1v) is 8.82. The number of pyridine rings is 1. The number of aryl methyl sites for hydroxylation is 2. The molecule has 6 heteroatoms. The Kier molecular flexibility index (Phi) is 5.37. The topological polar surface area (TPSA) is 90.7 Å². The highest BCUT2D eigenvalue weighted by Gasteiger charge is 2.19. The van der Waals surface area contributed by atoms with Crippen LogP contribution in [0.25, 0.3) is 0 Å². The second-order valence-corrected chi connectivity index (χ2v) is 6.60. The van der Waals surface area contributed by atoms with Crippen molar-refractivity contribution in [1.29, 1.82) is 5.26 Å². The second-order valence-electron chi connectivity index (χ2n) is 6.60. The molecule has 0 aliphatic carbocycles. The van der Waals surface area contributed by atoms with Gasteiger partial charge < -0.3 is 5.11 Å². The van der Waals surface area contributed by atoms with Crippen molar-refractivity contribution in [3.05, 3.63) is 86.7 Å². The molecule has 0 spiro atoms. The lowest BCUT2D eigenvalue weighted by atomic mass is 10.1. The smallest absolute Gasteiger partial charge is 0.281 e. The van der Waals surface area contributed by atoms with Gasteiger partial charge in [0.15, 0.2) is 5.69 Å². The lowest BCUT2D eigenvalue weighted by Gasteiger charge is -2.13. The number of hydrogen-bond acceptors (Lipinski definition) is 5. The van der Waals surface area contributed by atoms with Gasteiger partial charge in [0, 0.05) is 5.56 Å². The maximum absolute atomic E-state index is 13.0. The summed E-state index contributed by atoms with van der Waals surface area (Å²) in [5, 5.41) is 28.4. The summed E-state index contributed by atoms with van der Waals surface area (Å²) in [5.74, 6) is -0.361. The summed E-state index contributed by atoms with van der Waals surface area (Å²) in [6, 6.07) is 17.0. The quantitative estimate of drug-likeness (QED) is 0.666. The molecule has 0 bridgehead atoms. The van der Waals surface area contributed by atoms with Gasteiger partial charge in [0.05, 0.1) is 12.2 Å². The number of hydrogen-bond donors (Lipinski definition) is 1. The molecule has 0 fully saturated rings. The third-order valence-electron chi connectivity index (χ3n) is 4.64. The first kappa shape index (κ1) is 19.1. The van der Waals surface area contributed by atoms with Gasteiger partial charge in [-0.25, -0.2) is 0 Å². The minimum atomic E-state index is -0.493. The van der Waals surface area contributed by atoms with E-state index in [9.17, 15) is 15.2 Å². The molecule has 1 heterocycles. The van der Waals surface area contributed by atoms with Crippen molar-refractivity contribution in [3.63, 3.8) is 0 Å². The molecule has 0 aliphatic heterocycles. The molecule has 1 N–H and O–H groups in total. The summed E-state index contributed by atoms with van der Waals surface area (Å²) >= 11 is 0. The predicted molar refractivity (Wildman–Crippen MR) is 107 cm³/mol. The van der Waals surface area contributed by atoms with Crippen LogP contribution in [0.5, 0.6) is 5.88 Å². The number of nitriles is 1. The Morgan fingerprint density at radius 1 is 0.964 bits per heavy atom. The van der Waals surface area contributed by atoms with E-state index < -0.39 is 5.56 Å². The Balaban J connectivity index is 2.16. The lowest BCUT2D eigenvalue weighted by Crippen LogP contribution is -2.22. The van der Waals surface area contributed by atoms with Crippen molar-refractivity contribution >= 4 is 11.4 Å². The first-order chi connectivity index (χ1) is 13.4. The molecule has 1 aromatic heterocycles. The summed E-state index contributed by atoms with van der Waals surface area (Å²) in [6.45, 7) is 5.55. The van der Waals surface area contributed by atoms with E-state index in [1.807, 2.05) is 68.4 Å². The standard InChI is InChI=1S/C22H20N4O2/c1-14-8-7-9-15(2)19(14)24-25-20-16(3)18(12-23)21(27)26(22(20)28)13-17-10-5-4-6-11-17/h4-11,27H,13H2,1-3H3. The van der Waals surface area contributed by atoms with Crippen LogP contribution in [-0.4, -0.2) is 9.67 Å². The van der Waals surface area contributed by atoms with Crippen molar-refractivity contribution in [2.45, 2.75) is 27.3 Å². The fraction of sp³-hybridized carbons (Fsp3) is 0.182. The second kappa shape index (κ2) is 7.89. The van der Waals surface area contributed by atoms with E-state index in [1.165, 1.54) is 0 Å². The van der Waals surface area contributed by atoms with Gasteiger partial charge in [-0.3, -0.25) is 9.36 Å². The fourth-order valence-electron chi connectivity index (χ4n) is 3.03. The minimum Gasteiger partial charge on any atom is -0.493 e. The summed E-state index contributed by atoms with van der Waals surface area (Å²) in [5.41, 5.74) is 3.26. The Morgan fingerprint density at radius 2 is 1.57 bits per heavy atom. The van der Waals surface area contributed by atoms with Crippen LogP contribution in [-0.2, 0) is 6.54 Å². The third-order valence-corrected chi connectivity index (χ3v) is 4.64. The summed E-state index contributed by atoms with van der Waals surface area (Å²) in [6.07, 6.45) is 0. The molecule has 140 valence electrons. The van der Waals surface area contributed by atoms with E-state index >= 15 is 0 Å². The molecule has 0 aliphatic rings. The van der Waals surface area contributed by atoms with Gasteiger partial charge in [0.1, 0.15) is 11.6 Å². The Hall–Kier alpha value is -3.72. The van der Waals surface area contributed by atoms with Crippen LogP contribution >= 0.6 is 0 Å². The molecule has 3 aromatic rings. The highest BCUT2D eigenvalue weighted by atomic mass is 16.3. The number of aromatic nitrogens is 1. The SMILES string of the molecule is Cc1cccc(C)c1N=Nc1c(C)c(C#N)c(O)n(Cc2ccccc2)c1=O. The highest BCUT2D eigenvalue weighted by molar-refractivity contribution is 5.58. The van der Waals surface area contributed by atoms with E-state index in [0.717, 1.165) is 21.3 Å². The van der Waals surface area contributed by atoms with E-state index in [1.54, 1.807) is 6.92 Å². The molecule has 3 rings (SSSR count). The molecule has 0 saturated carbocycles. The molecule has 28 heavy (non-hydrogen) atoms. The number of rotatable bonds is 4. The third kappa shape index (κ3) is 3.55. The monoisotopic (exact) mass is 372 g/mol. The number of nitrogens with zero attached hydrogens (tertiary/aromatic N) is 4. The zero-order valence-electron chi connectivity index (χ0n) is 16.0. The van der Waals surface area contributed by atoms with E-state index in [0.29, 0.717) is 11.3 Å². The number of benzene rings is 2. The molecular formula is C22H20N4O2. The Bertz CT molecular complexity index is 1140. The van der Waals surface area contributed by atoms with E-state index in [-0.39, 0.29) is 23.7 Å². The maximum atomic E-state index is 13.0. The van der Waals surface area contributed by atoms with Crippen LogP contribution in [0.2, 0.25) is 0 Å². The maximum Gasteiger partial charge on any atom is 0.281 e. The van der Waals surface area contributed by atoms with Crippen LogP contribution in [0.4, 0.5) is 11.4 Å². The van der Waals surface area contributed by atoms with E-state index in [4.69, 9.17) is 0 Å². The molecule has 0 saturated heterocycles. The highest BCUT2D eigenvalue weighted by Crippen LogP contribution is 2.29. The van der Waals surface area contributed by atoms with Crippen LogP contribution < -0.4 is 5.56 Å². The van der Waals surface area contributed by atoms with Gasteiger partial charge >= 0.3 is 0 Å². The summed E-state index contributed by atoms with van der Waals surface area (Å²) in [4.78, 5) is 13.0. The van der Waals surface area contributed by atoms with Crippen molar-refractivity contribution in [1.82, 2.24) is 4.57 Å². The molecule has 2 aromatic carbocycles. The number of aromatic hydroxyl groups is 1. The Labute approximate surface area is 163 Å². The largest absolute Gasteiger partial charge is 0.493 e. The van der Waals surface area contributed by atoms with Gasteiger partial charge in [-0.2, -0.15) is 5.26 Å². The van der Waals surface area contributed by atoms with Crippen LogP contribution in [0.1, 0.15) is 27.8 Å². The fourth-order valence-corrected chi connectivity index (χ4v) is 3.03. The van der Waals surface area contributed by atoms with Gasteiger partial charge in [-0.05, 0) is 37.5 Å². The minimum absolute atomic E-state index is 0.0194. The first-order valence-electron chi connectivity index (χ1n) is 8.82. The van der Waals surface area contributed by atoms with Crippen LogP contribution in [0, 0.1) is 32.1 Å². The molecule has 0 atom stereocenters. The van der Waals surface area contributed by atoms with Crippen LogP contribution in [0.3, 0.4) is 0 Å². The zero-order valence-corrected chi connectivity index (χ0v) is 16.0. The van der Waals surface area contributed by atoms with Crippen molar-refractivity contribution in [3.8, 4) is 11.9 Å². The average Bonchev–Trinajstić information content (AvgIpc) is 2.68. The number of azo groups is 1. The van der Waals surface area contributed by atoms with Crippen molar-refractivity contribution in [2.24, 2.45) is 10.2 Å². The Morgan fingerprint density at radius 3 is 2.18 bits per heavy atom. The van der Waals surface area contributed by atoms with Gasteiger partial charge in [-0.1, -0.05) is 48.5 Å². The molecular weight excluding hydrogens is 352 g/mol. The molecule has 0 radical (unpaired) electrons. The van der Waals surface area contributed by atoms with Gasteiger partial charge in [0.25, 0.3) is 5.56 Å².